The highest BCUT2D eigenvalue weighted by Gasteiger charge is 2.13. The maximum atomic E-state index is 12.4. The largest absolute Gasteiger partial charge is 0.497 e. The number of nitrogens with one attached hydrogen (secondary N) is 1. The number of hydrogen-bond acceptors (Lipinski definition) is 4. The topological polar surface area (TPSA) is 50.8 Å². The van der Waals surface area contributed by atoms with E-state index in [2.05, 4.69) is 11.4 Å². The van der Waals surface area contributed by atoms with Gasteiger partial charge < -0.3 is 19.7 Å². The molecule has 0 aliphatic heterocycles. The van der Waals surface area contributed by atoms with Gasteiger partial charge in [-0.05, 0) is 43.7 Å². The Bertz CT molecular complexity index is 701. The van der Waals surface area contributed by atoms with E-state index in [1.54, 1.807) is 32.4 Å². The lowest BCUT2D eigenvalue weighted by atomic mass is 10.2. The summed E-state index contributed by atoms with van der Waals surface area (Å²) in [6, 6.07) is 13.4. The van der Waals surface area contributed by atoms with Crippen LogP contribution in [-0.4, -0.2) is 33.2 Å². The first-order valence-electron chi connectivity index (χ1n) is 7.90. The van der Waals surface area contributed by atoms with Crippen LogP contribution in [0.25, 0.3) is 0 Å². The Morgan fingerprint density at radius 1 is 1.12 bits per heavy atom. The average Bonchev–Trinajstić information content (AvgIpc) is 2.60. The second-order valence-corrected chi connectivity index (χ2v) is 5.47. The number of nitrogens with zero attached hydrogens (tertiary/aromatic N) is 1. The van der Waals surface area contributed by atoms with Crippen LogP contribution in [0.5, 0.6) is 11.5 Å². The molecular formula is C19H24N2O3. The van der Waals surface area contributed by atoms with Crippen LogP contribution in [0.2, 0.25) is 0 Å². The van der Waals surface area contributed by atoms with E-state index < -0.39 is 0 Å². The summed E-state index contributed by atoms with van der Waals surface area (Å²) in [7, 11) is 3.16. The van der Waals surface area contributed by atoms with Crippen molar-refractivity contribution in [1.82, 2.24) is 0 Å². The van der Waals surface area contributed by atoms with Crippen LogP contribution in [0.4, 0.5) is 11.4 Å². The summed E-state index contributed by atoms with van der Waals surface area (Å²) >= 11 is 0. The molecule has 0 unspecified atom stereocenters. The van der Waals surface area contributed by atoms with Gasteiger partial charge in [0.2, 0.25) is 5.91 Å². The van der Waals surface area contributed by atoms with Crippen molar-refractivity contribution in [3.63, 3.8) is 0 Å². The van der Waals surface area contributed by atoms with Crippen LogP contribution in [0.1, 0.15) is 12.5 Å². The van der Waals surface area contributed by atoms with E-state index in [0.717, 1.165) is 12.2 Å². The molecule has 0 fully saturated rings. The van der Waals surface area contributed by atoms with Crippen molar-refractivity contribution >= 4 is 17.3 Å². The van der Waals surface area contributed by atoms with Crippen molar-refractivity contribution < 1.29 is 14.3 Å². The predicted octanol–water partition coefficient (Wildman–Crippen LogP) is 3.48. The molecule has 2 aromatic rings. The van der Waals surface area contributed by atoms with Gasteiger partial charge in [-0.15, -0.1) is 0 Å². The molecule has 0 saturated heterocycles. The molecule has 5 nitrogen and oxygen atoms in total. The van der Waals surface area contributed by atoms with E-state index in [1.165, 1.54) is 5.56 Å². The highest BCUT2D eigenvalue weighted by molar-refractivity contribution is 5.95. The first-order valence-corrected chi connectivity index (χ1v) is 7.90. The van der Waals surface area contributed by atoms with E-state index in [0.29, 0.717) is 17.2 Å². The molecule has 2 aromatic carbocycles. The third-order valence-corrected chi connectivity index (χ3v) is 3.77. The molecule has 24 heavy (non-hydrogen) atoms. The summed E-state index contributed by atoms with van der Waals surface area (Å²) in [5, 5.41) is 2.90. The van der Waals surface area contributed by atoms with Crippen molar-refractivity contribution in [2.45, 2.75) is 13.8 Å². The van der Waals surface area contributed by atoms with Crippen LogP contribution in [0.15, 0.2) is 42.5 Å². The fourth-order valence-electron chi connectivity index (χ4n) is 2.48. The van der Waals surface area contributed by atoms with Gasteiger partial charge in [0.25, 0.3) is 0 Å². The number of hydrogen-bond donors (Lipinski definition) is 1. The molecule has 0 bridgehead atoms. The summed E-state index contributed by atoms with van der Waals surface area (Å²) in [5.41, 5.74) is 2.83. The minimum absolute atomic E-state index is 0.0955. The Hall–Kier alpha value is -2.69. The molecule has 1 amide bonds. The zero-order valence-electron chi connectivity index (χ0n) is 14.6. The molecule has 0 radical (unpaired) electrons. The number of anilines is 2. The number of likely N-dealkylation sites (N-methyl/N-ethyl adjacent to an activating group) is 1. The van der Waals surface area contributed by atoms with Gasteiger partial charge in [-0.3, -0.25) is 4.79 Å². The lowest BCUT2D eigenvalue weighted by Gasteiger charge is -2.23. The average molecular weight is 328 g/mol. The number of carbonyl (C=O) groups excluding carboxylic acids is 1. The van der Waals surface area contributed by atoms with Crippen molar-refractivity contribution in [2.24, 2.45) is 0 Å². The molecule has 1 N–H and O–H groups in total. The van der Waals surface area contributed by atoms with Gasteiger partial charge in [0, 0.05) is 18.3 Å². The molecule has 0 saturated carbocycles. The number of ether oxygens (including phenoxy) is 2. The Morgan fingerprint density at radius 3 is 2.54 bits per heavy atom. The first kappa shape index (κ1) is 17.7. The third kappa shape index (κ3) is 4.41. The Labute approximate surface area is 143 Å². The number of aryl methyl sites for hydroxylation is 1. The van der Waals surface area contributed by atoms with Crippen molar-refractivity contribution in [1.29, 1.82) is 0 Å². The molecule has 0 spiro atoms. The number of rotatable bonds is 7. The highest BCUT2D eigenvalue weighted by atomic mass is 16.5. The summed E-state index contributed by atoms with van der Waals surface area (Å²) in [4.78, 5) is 14.4. The standard InChI is InChI=1S/C19H24N2O3/c1-5-21(15-8-6-7-14(2)11-15)13-19(22)20-17-10-9-16(23-3)12-18(17)24-4/h6-12H,5,13H2,1-4H3,(H,20,22). The molecule has 2 rings (SSSR count). The van der Waals surface area contributed by atoms with Crippen LogP contribution >= 0.6 is 0 Å². The van der Waals surface area contributed by atoms with Crippen LogP contribution < -0.4 is 19.7 Å². The Balaban J connectivity index is 2.09. The van der Waals surface area contributed by atoms with Gasteiger partial charge in [0.15, 0.2) is 0 Å². The SMILES string of the molecule is CCN(CC(=O)Nc1ccc(OC)cc1OC)c1cccc(C)c1. The quantitative estimate of drug-likeness (QED) is 0.845. The molecule has 5 heteroatoms. The van der Waals surface area contributed by atoms with Crippen molar-refractivity contribution in [3.05, 3.63) is 48.0 Å². The number of methoxy groups -OCH3 is 2. The predicted molar refractivity (Wildman–Crippen MR) is 97.2 cm³/mol. The molecule has 0 aliphatic carbocycles. The number of amides is 1. The van der Waals surface area contributed by atoms with Gasteiger partial charge in [-0.25, -0.2) is 0 Å². The molecular weight excluding hydrogens is 304 g/mol. The smallest absolute Gasteiger partial charge is 0.243 e. The molecule has 0 aromatic heterocycles. The zero-order valence-corrected chi connectivity index (χ0v) is 14.6. The highest BCUT2D eigenvalue weighted by Crippen LogP contribution is 2.29. The van der Waals surface area contributed by atoms with Crippen LogP contribution in [-0.2, 0) is 4.79 Å². The minimum Gasteiger partial charge on any atom is -0.497 e. The summed E-state index contributed by atoms with van der Waals surface area (Å²) < 4.78 is 10.5. The van der Waals surface area contributed by atoms with E-state index >= 15 is 0 Å². The fraction of sp³-hybridized carbons (Fsp3) is 0.316. The van der Waals surface area contributed by atoms with Gasteiger partial charge >= 0.3 is 0 Å². The molecule has 0 atom stereocenters. The molecule has 128 valence electrons. The van der Waals surface area contributed by atoms with Crippen LogP contribution in [0.3, 0.4) is 0 Å². The monoisotopic (exact) mass is 328 g/mol. The van der Waals surface area contributed by atoms with Gasteiger partial charge in [0.05, 0.1) is 26.5 Å². The maximum absolute atomic E-state index is 12.4. The molecule has 0 aliphatic rings. The van der Waals surface area contributed by atoms with Gasteiger partial charge in [-0.2, -0.15) is 0 Å². The summed E-state index contributed by atoms with van der Waals surface area (Å²) in [6.07, 6.45) is 0. The minimum atomic E-state index is -0.0955. The van der Waals surface area contributed by atoms with E-state index in [9.17, 15) is 4.79 Å². The zero-order chi connectivity index (χ0) is 17.5. The van der Waals surface area contributed by atoms with E-state index in [1.807, 2.05) is 36.9 Å². The second-order valence-electron chi connectivity index (χ2n) is 5.47. The fourth-order valence-corrected chi connectivity index (χ4v) is 2.48. The Kier molecular flexibility index (Phi) is 6.07. The third-order valence-electron chi connectivity index (χ3n) is 3.77. The van der Waals surface area contributed by atoms with E-state index in [-0.39, 0.29) is 12.5 Å². The lowest BCUT2D eigenvalue weighted by Crippen LogP contribution is -2.33. The molecule has 0 heterocycles. The lowest BCUT2D eigenvalue weighted by molar-refractivity contribution is -0.115. The van der Waals surface area contributed by atoms with Crippen molar-refractivity contribution in [3.8, 4) is 11.5 Å². The normalized spacial score (nSPS) is 10.2. The van der Waals surface area contributed by atoms with E-state index in [4.69, 9.17) is 9.47 Å². The van der Waals surface area contributed by atoms with Crippen molar-refractivity contribution in [2.75, 3.05) is 37.5 Å². The second kappa shape index (κ2) is 8.24. The first-order chi connectivity index (χ1) is 11.6. The summed E-state index contributed by atoms with van der Waals surface area (Å²) in [5.74, 6) is 1.16. The Morgan fingerprint density at radius 2 is 1.92 bits per heavy atom. The summed E-state index contributed by atoms with van der Waals surface area (Å²) in [6.45, 7) is 5.09. The maximum Gasteiger partial charge on any atom is 0.243 e. The van der Waals surface area contributed by atoms with Crippen LogP contribution in [0, 0.1) is 6.92 Å². The number of carbonyl (C=O) groups is 1. The van der Waals surface area contributed by atoms with Gasteiger partial charge in [0.1, 0.15) is 11.5 Å². The number of benzene rings is 2. The van der Waals surface area contributed by atoms with Gasteiger partial charge in [-0.1, -0.05) is 12.1 Å².